The Hall–Kier alpha value is -1.91. The van der Waals surface area contributed by atoms with E-state index in [4.69, 9.17) is 0 Å². The largest absolute Gasteiger partial charge is 0.341 e. The molecule has 3 rings (SSSR count). The molecule has 0 radical (unpaired) electrons. The van der Waals surface area contributed by atoms with Gasteiger partial charge in [0.25, 0.3) is 0 Å². The first-order chi connectivity index (χ1) is 11.5. The Balaban J connectivity index is 1.53. The Morgan fingerprint density at radius 3 is 2.62 bits per heavy atom. The first kappa shape index (κ1) is 16.9. The molecule has 1 atom stereocenters. The summed E-state index contributed by atoms with van der Waals surface area (Å²) < 4.78 is 0. The van der Waals surface area contributed by atoms with Crippen LogP contribution in [0, 0.1) is 12.8 Å². The third-order valence-corrected chi connectivity index (χ3v) is 5.35. The number of carbonyl (C=O) groups is 2. The fraction of sp³-hybridized carbons (Fsp3) is 0.632. The summed E-state index contributed by atoms with van der Waals surface area (Å²) in [6.07, 6.45) is 6.77. The molecule has 2 fully saturated rings. The normalized spacial score (nSPS) is 22.0. The lowest BCUT2D eigenvalue weighted by molar-refractivity contribution is -0.143. The topological polar surface area (TPSA) is 53.5 Å². The van der Waals surface area contributed by atoms with Crippen molar-refractivity contribution in [3.05, 3.63) is 29.6 Å². The van der Waals surface area contributed by atoms with Crippen LogP contribution in [0.1, 0.15) is 43.9 Å². The zero-order valence-electron chi connectivity index (χ0n) is 14.7. The molecule has 0 aromatic carbocycles. The number of rotatable bonds is 3. The van der Waals surface area contributed by atoms with Crippen LogP contribution in [0.2, 0.25) is 0 Å². The van der Waals surface area contributed by atoms with E-state index in [2.05, 4.69) is 17.1 Å². The van der Waals surface area contributed by atoms with E-state index in [0.29, 0.717) is 5.92 Å². The second-order valence-electron chi connectivity index (χ2n) is 7.15. The van der Waals surface area contributed by atoms with Crippen LogP contribution in [0.4, 0.5) is 0 Å². The van der Waals surface area contributed by atoms with Gasteiger partial charge in [0.05, 0.1) is 0 Å². The van der Waals surface area contributed by atoms with Crippen molar-refractivity contribution >= 4 is 11.8 Å². The predicted octanol–water partition coefficient (Wildman–Crippen LogP) is 2.18. The number of piperidine rings is 1. The highest BCUT2D eigenvalue weighted by molar-refractivity contribution is 5.87. The van der Waals surface area contributed by atoms with Crippen LogP contribution in [-0.4, -0.2) is 52.3 Å². The third kappa shape index (κ3) is 3.77. The van der Waals surface area contributed by atoms with Crippen LogP contribution in [0.3, 0.4) is 0 Å². The van der Waals surface area contributed by atoms with E-state index in [1.54, 1.807) is 11.8 Å². The Labute approximate surface area is 144 Å². The maximum atomic E-state index is 12.7. The number of hydrogen-bond acceptors (Lipinski definition) is 3. The lowest BCUT2D eigenvalue weighted by atomic mass is 9.90. The van der Waals surface area contributed by atoms with Crippen molar-refractivity contribution in [2.24, 2.45) is 5.92 Å². The Morgan fingerprint density at radius 1 is 1.21 bits per heavy atom. The average Bonchev–Trinajstić information content (AvgIpc) is 3.05. The first-order valence-electron chi connectivity index (χ1n) is 9.02. The van der Waals surface area contributed by atoms with Gasteiger partial charge in [-0.05, 0) is 62.6 Å². The molecule has 1 aromatic heterocycles. The molecule has 3 heterocycles. The van der Waals surface area contributed by atoms with Crippen molar-refractivity contribution in [2.45, 2.75) is 52.0 Å². The van der Waals surface area contributed by atoms with Gasteiger partial charge in [0, 0.05) is 38.4 Å². The van der Waals surface area contributed by atoms with Crippen LogP contribution < -0.4 is 0 Å². The lowest BCUT2D eigenvalue weighted by Crippen LogP contribution is -2.49. The van der Waals surface area contributed by atoms with Crippen LogP contribution in [0.15, 0.2) is 18.3 Å². The van der Waals surface area contributed by atoms with Gasteiger partial charge in [-0.1, -0.05) is 0 Å². The Morgan fingerprint density at radius 2 is 1.96 bits per heavy atom. The maximum Gasteiger partial charge on any atom is 0.245 e. The molecule has 1 aromatic rings. The smallest absolute Gasteiger partial charge is 0.245 e. The summed E-state index contributed by atoms with van der Waals surface area (Å²) in [6, 6.07) is 4.02. The number of nitrogens with zero attached hydrogens (tertiary/aromatic N) is 3. The maximum absolute atomic E-state index is 12.7. The summed E-state index contributed by atoms with van der Waals surface area (Å²) in [6.45, 7) is 5.94. The molecule has 0 bridgehead atoms. The molecule has 2 aliphatic rings. The molecule has 2 amide bonds. The number of likely N-dealkylation sites (tertiary alicyclic amines) is 2. The van der Waals surface area contributed by atoms with Gasteiger partial charge in [-0.2, -0.15) is 0 Å². The van der Waals surface area contributed by atoms with Gasteiger partial charge in [-0.15, -0.1) is 0 Å². The van der Waals surface area contributed by atoms with E-state index in [1.165, 1.54) is 5.56 Å². The minimum Gasteiger partial charge on any atom is -0.341 e. The number of aryl methyl sites for hydroxylation is 1. The third-order valence-electron chi connectivity index (χ3n) is 5.35. The molecule has 24 heavy (non-hydrogen) atoms. The number of pyridine rings is 1. The van der Waals surface area contributed by atoms with Crippen molar-refractivity contribution in [1.29, 1.82) is 0 Å². The highest BCUT2D eigenvalue weighted by Gasteiger charge is 2.36. The summed E-state index contributed by atoms with van der Waals surface area (Å²) in [5.74, 6) is 0.804. The van der Waals surface area contributed by atoms with E-state index < -0.39 is 0 Å². The highest BCUT2D eigenvalue weighted by atomic mass is 16.2. The van der Waals surface area contributed by atoms with Crippen LogP contribution in [0.5, 0.6) is 0 Å². The molecule has 2 saturated heterocycles. The molecule has 5 heteroatoms. The highest BCUT2D eigenvalue weighted by Crippen LogP contribution is 2.25. The zero-order chi connectivity index (χ0) is 17.1. The van der Waals surface area contributed by atoms with Gasteiger partial charge in [-0.3, -0.25) is 14.6 Å². The molecule has 5 nitrogen and oxygen atoms in total. The molecule has 0 N–H and O–H groups in total. The Kier molecular flexibility index (Phi) is 5.17. The minimum atomic E-state index is -0.220. The van der Waals surface area contributed by atoms with E-state index in [1.807, 2.05) is 18.0 Å². The zero-order valence-corrected chi connectivity index (χ0v) is 14.7. The van der Waals surface area contributed by atoms with E-state index >= 15 is 0 Å². The van der Waals surface area contributed by atoms with Gasteiger partial charge in [0.1, 0.15) is 6.04 Å². The van der Waals surface area contributed by atoms with Crippen molar-refractivity contribution in [2.75, 3.05) is 19.6 Å². The molecule has 0 aliphatic carbocycles. The van der Waals surface area contributed by atoms with E-state index in [9.17, 15) is 9.59 Å². The van der Waals surface area contributed by atoms with E-state index in [0.717, 1.165) is 57.4 Å². The molecule has 0 saturated carbocycles. The van der Waals surface area contributed by atoms with Crippen LogP contribution in [0.25, 0.3) is 0 Å². The summed E-state index contributed by atoms with van der Waals surface area (Å²) in [4.78, 5) is 32.4. The quantitative estimate of drug-likeness (QED) is 0.854. The standard InChI is InChI=1S/C19H27N3O2/c1-14-12-17(5-8-20-14)13-16-6-10-21(11-7-16)19(24)18-4-3-9-22(18)15(2)23/h5,8,12,16,18H,3-4,6-7,9-11,13H2,1-2H3/t18-/m1/s1. The van der Waals surface area contributed by atoms with Gasteiger partial charge >= 0.3 is 0 Å². The average molecular weight is 329 g/mol. The SMILES string of the molecule is CC(=O)N1CCC[C@@H]1C(=O)N1CCC(Cc2ccnc(C)c2)CC1. The van der Waals surface area contributed by atoms with Gasteiger partial charge in [0.15, 0.2) is 0 Å². The van der Waals surface area contributed by atoms with Gasteiger partial charge in [-0.25, -0.2) is 0 Å². The Bertz CT molecular complexity index is 608. The molecular formula is C19H27N3O2. The molecule has 130 valence electrons. The summed E-state index contributed by atoms with van der Waals surface area (Å²) in [5, 5.41) is 0. The number of aromatic nitrogens is 1. The van der Waals surface area contributed by atoms with Crippen molar-refractivity contribution in [1.82, 2.24) is 14.8 Å². The molecular weight excluding hydrogens is 302 g/mol. The van der Waals surface area contributed by atoms with Gasteiger partial charge in [0.2, 0.25) is 11.8 Å². The molecule has 2 aliphatic heterocycles. The monoisotopic (exact) mass is 329 g/mol. The van der Waals surface area contributed by atoms with Crippen molar-refractivity contribution in [3.8, 4) is 0 Å². The number of hydrogen-bond donors (Lipinski definition) is 0. The lowest BCUT2D eigenvalue weighted by Gasteiger charge is -2.35. The summed E-state index contributed by atoms with van der Waals surface area (Å²) in [5.41, 5.74) is 2.40. The molecule has 0 unspecified atom stereocenters. The fourth-order valence-corrected chi connectivity index (χ4v) is 4.03. The number of amides is 2. The van der Waals surface area contributed by atoms with E-state index in [-0.39, 0.29) is 17.9 Å². The summed E-state index contributed by atoms with van der Waals surface area (Å²) in [7, 11) is 0. The minimum absolute atomic E-state index is 0.0220. The van der Waals surface area contributed by atoms with Gasteiger partial charge < -0.3 is 9.80 Å². The first-order valence-corrected chi connectivity index (χ1v) is 9.02. The summed E-state index contributed by atoms with van der Waals surface area (Å²) >= 11 is 0. The second-order valence-corrected chi connectivity index (χ2v) is 7.15. The van der Waals surface area contributed by atoms with Crippen LogP contribution in [-0.2, 0) is 16.0 Å². The second kappa shape index (κ2) is 7.32. The molecule has 0 spiro atoms. The van der Waals surface area contributed by atoms with Crippen LogP contribution >= 0.6 is 0 Å². The fourth-order valence-electron chi connectivity index (χ4n) is 4.03. The van der Waals surface area contributed by atoms with Crippen molar-refractivity contribution in [3.63, 3.8) is 0 Å². The number of carbonyl (C=O) groups excluding carboxylic acids is 2. The predicted molar refractivity (Wildman–Crippen MR) is 92.4 cm³/mol. The van der Waals surface area contributed by atoms with Crippen molar-refractivity contribution < 1.29 is 9.59 Å².